The van der Waals surface area contributed by atoms with Crippen molar-refractivity contribution in [2.24, 2.45) is 0 Å². The Labute approximate surface area is 133 Å². The summed E-state index contributed by atoms with van der Waals surface area (Å²) in [5, 5.41) is 11.3. The Kier molecular flexibility index (Phi) is 4.05. The molecule has 0 aliphatic heterocycles. The Hall–Kier alpha value is -1.37. The van der Waals surface area contributed by atoms with Crippen molar-refractivity contribution in [1.29, 1.82) is 0 Å². The Bertz CT molecular complexity index is 691. The first-order valence-electron chi connectivity index (χ1n) is 5.87. The van der Waals surface area contributed by atoms with Gasteiger partial charge in [0.15, 0.2) is 0 Å². The van der Waals surface area contributed by atoms with Crippen molar-refractivity contribution >= 4 is 44.6 Å². The number of thiophene rings is 1. The second kappa shape index (κ2) is 5.95. The topological polar surface area (TPSA) is 42.7 Å². The molecule has 0 saturated carbocycles. The van der Waals surface area contributed by atoms with Crippen LogP contribution in [-0.2, 0) is 6.54 Å². The lowest BCUT2D eigenvalue weighted by molar-refractivity contribution is 0.803. The van der Waals surface area contributed by atoms with E-state index < -0.39 is 0 Å². The van der Waals surface area contributed by atoms with E-state index >= 15 is 0 Å². The first-order chi connectivity index (χ1) is 9.74. The normalized spacial score (nSPS) is 10.7. The molecule has 0 unspecified atom stereocenters. The fourth-order valence-electron chi connectivity index (χ4n) is 1.82. The van der Waals surface area contributed by atoms with Crippen LogP contribution in [0.2, 0.25) is 4.34 Å². The van der Waals surface area contributed by atoms with Gasteiger partial charge < -0.3 is 5.32 Å². The van der Waals surface area contributed by atoms with Crippen LogP contribution in [0.1, 0.15) is 4.88 Å². The van der Waals surface area contributed by atoms with E-state index in [1.54, 1.807) is 22.2 Å². The fourth-order valence-corrected chi connectivity index (χ4v) is 3.55. The molecule has 0 aliphatic rings. The van der Waals surface area contributed by atoms with Crippen molar-refractivity contribution in [3.05, 3.63) is 56.4 Å². The Morgan fingerprint density at radius 1 is 1.35 bits per heavy atom. The van der Waals surface area contributed by atoms with Gasteiger partial charge >= 0.3 is 0 Å². The molecule has 0 spiro atoms. The molecule has 0 radical (unpaired) electrons. The smallest absolute Gasteiger partial charge is 0.107 e. The molecule has 20 heavy (non-hydrogen) atoms. The summed E-state index contributed by atoms with van der Waals surface area (Å²) in [5.41, 5.74) is 1.96. The van der Waals surface area contributed by atoms with Gasteiger partial charge in [0.05, 0.1) is 23.8 Å². The highest BCUT2D eigenvalue weighted by molar-refractivity contribution is 9.10. The molecule has 2 aromatic heterocycles. The van der Waals surface area contributed by atoms with Gasteiger partial charge in [-0.3, -0.25) is 0 Å². The van der Waals surface area contributed by atoms with Crippen molar-refractivity contribution in [3.63, 3.8) is 0 Å². The predicted molar refractivity (Wildman–Crippen MR) is 85.7 cm³/mol. The molecule has 102 valence electrons. The molecule has 0 amide bonds. The lowest BCUT2D eigenvalue weighted by atomic mass is 10.2. The van der Waals surface area contributed by atoms with Gasteiger partial charge in [-0.25, -0.2) is 4.68 Å². The van der Waals surface area contributed by atoms with Crippen LogP contribution < -0.4 is 5.32 Å². The minimum absolute atomic E-state index is 0.710. The van der Waals surface area contributed by atoms with Crippen LogP contribution in [0.3, 0.4) is 0 Å². The number of benzene rings is 1. The van der Waals surface area contributed by atoms with Crippen molar-refractivity contribution < 1.29 is 0 Å². The lowest BCUT2D eigenvalue weighted by Crippen LogP contribution is -2.04. The van der Waals surface area contributed by atoms with Gasteiger partial charge in [-0.05, 0) is 34.1 Å². The maximum absolute atomic E-state index is 6.05. The van der Waals surface area contributed by atoms with E-state index in [2.05, 4.69) is 31.6 Å². The maximum atomic E-state index is 6.05. The first-order valence-corrected chi connectivity index (χ1v) is 7.86. The van der Waals surface area contributed by atoms with Crippen LogP contribution in [0, 0.1) is 0 Å². The number of halogens is 2. The number of aromatic nitrogens is 3. The standard InChI is InChI=1S/C13H10BrClN4S/c14-10-7-9(20-13(10)15)8-16-11-3-1-2-4-12(11)19-6-5-17-18-19/h1-7,16H,8H2. The molecular weight excluding hydrogens is 360 g/mol. The highest BCUT2D eigenvalue weighted by atomic mass is 79.9. The Morgan fingerprint density at radius 3 is 2.90 bits per heavy atom. The van der Waals surface area contributed by atoms with Crippen LogP contribution in [0.25, 0.3) is 5.69 Å². The van der Waals surface area contributed by atoms with E-state index in [0.717, 1.165) is 25.1 Å². The minimum atomic E-state index is 0.710. The second-order valence-corrected chi connectivity index (χ2v) is 6.65. The zero-order valence-corrected chi connectivity index (χ0v) is 13.4. The molecule has 4 nitrogen and oxygen atoms in total. The van der Waals surface area contributed by atoms with Gasteiger partial charge in [0.2, 0.25) is 0 Å². The van der Waals surface area contributed by atoms with Gasteiger partial charge in [0.25, 0.3) is 0 Å². The quantitative estimate of drug-likeness (QED) is 0.743. The van der Waals surface area contributed by atoms with Gasteiger partial charge in [-0.15, -0.1) is 16.4 Å². The summed E-state index contributed by atoms with van der Waals surface area (Å²) in [6.07, 6.45) is 3.48. The molecule has 1 N–H and O–H groups in total. The number of hydrogen-bond acceptors (Lipinski definition) is 4. The van der Waals surface area contributed by atoms with Crippen LogP contribution in [0.15, 0.2) is 47.2 Å². The summed E-state index contributed by atoms with van der Waals surface area (Å²) in [4.78, 5) is 1.16. The molecule has 0 aliphatic carbocycles. The molecule has 0 saturated heterocycles. The summed E-state index contributed by atoms with van der Waals surface area (Å²) in [6, 6.07) is 9.99. The minimum Gasteiger partial charge on any atom is -0.378 e. The number of nitrogens with zero attached hydrogens (tertiary/aromatic N) is 3. The summed E-state index contributed by atoms with van der Waals surface area (Å²) in [5.74, 6) is 0. The van der Waals surface area contributed by atoms with E-state index in [0.29, 0.717) is 6.54 Å². The lowest BCUT2D eigenvalue weighted by Gasteiger charge is -2.10. The highest BCUT2D eigenvalue weighted by Gasteiger charge is 2.07. The zero-order valence-electron chi connectivity index (χ0n) is 10.3. The summed E-state index contributed by atoms with van der Waals surface area (Å²) in [7, 11) is 0. The van der Waals surface area contributed by atoms with E-state index in [-0.39, 0.29) is 0 Å². The number of anilines is 1. The molecule has 0 bridgehead atoms. The number of hydrogen-bond donors (Lipinski definition) is 1. The molecule has 7 heteroatoms. The van der Waals surface area contributed by atoms with E-state index in [4.69, 9.17) is 11.6 Å². The fraction of sp³-hybridized carbons (Fsp3) is 0.0769. The molecule has 1 aromatic carbocycles. The van der Waals surface area contributed by atoms with Gasteiger partial charge in [-0.1, -0.05) is 28.9 Å². The summed E-state index contributed by atoms with van der Waals surface area (Å²) >= 11 is 11.0. The van der Waals surface area contributed by atoms with Crippen molar-refractivity contribution in [3.8, 4) is 5.69 Å². The number of para-hydroxylation sites is 2. The zero-order chi connectivity index (χ0) is 13.9. The number of rotatable bonds is 4. The monoisotopic (exact) mass is 368 g/mol. The third-order valence-electron chi connectivity index (χ3n) is 2.72. The van der Waals surface area contributed by atoms with Gasteiger partial charge in [0.1, 0.15) is 4.34 Å². The first kappa shape index (κ1) is 13.6. The largest absolute Gasteiger partial charge is 0.378 e. The van der Waals surface area contributed by atoms with Crippen molar-refractivity contribution in [1.82, 2.24) is 15.0 Å². The van der Waals surface area contributed by atoms with Crippen molar-refractivity contribution in [2.75, 3.05) is 5.32 Å². The molecule has 3 rings (SSSR count). The molecule has 0 fully saturated rings. The molecule has 0 atom stereocenters. The molecule has 3 aromatic rings. The van der Waals surface area contributed by atoms with Gasteiger partial charge in [0, 0.05) is 15.9 Å². The average molecular weight is 370 g/mol. The summed E-state index contributed by atoms with van der Waals surface area (Å²) < 4.78 is 3.44. The van der Waals surface area contributed by atoms with Crippen molar-refractivity contribution in [2.45, 2.75) is 6.54 Å². The third-order valence-corrected chi connectivity index (χ3v) is 5.20. The highest BCUT2D eigenvalue weighted by Crippen LogP contribution is 2.32. The molecular formula is C13H10BrClN4S. The Morgan fingerprint density at radius 2 is 2.20 bits per heavy atom. The van der Waals surface area contributed by atoms with Crippen LogP contribution in [-0.4, -0.2) is 15.0 Å². The second-order valence-electron chi connectivity index (χ2n) is 4.05. The van der Waals surface area contributed by atoms with Crippen LogP contribution >= 0.6 is 38.9 Å². The SMILES string of the molecule is Clc1sc(CNc2ccccc2-n2ccnn2)cc1Br. The molecule has 2 heterocycles. The predicted octanol–water partition coefficient (Wildman–Crippen LogP) is 4.36. The van der Waals surface area contributed by atoms with Crippen LogP contribution in [0.4, 0.5) is 5.69 Å². The Balaban J connectivity index is 1.81. The average Bonchev–Trinajstić information content (AvgIpc) is 3.08. The van der Waals surface area contributed by atoms with E-state index in [1.807, 2.05) is 36.5 Å². The van der Waals surface area contributed by atoms with Gasteiger partial charge in [-0.2, -0.15) is 0 Å². The van der Waals surface area contributed by atoms with Crippen LogP contribution in [0.5, 0.6) is 0 Å². The summed E-state index contributed by atoms with van der Waals surface area (Å²) in [6.45, 7) is 0.710. The van der Waals surface area contributed by atoms with E-state index in [1.165, 1.54) is 0 Å². The third kappa shape index (κ3) is 2.87. The maximum Gasteiger partial charge on any atom is 0.107 e. The number of nitrogens with one attached hydrogen (secondary N) is 1. The van der Waals surface area contributed by atoms with E-state index in [9.17, 15) is 0 Å².